The molecule has 134 valence electrons. The molecule has 0 saturated heterocycles. The van der Waals surface area contributed by atoms with Crippen LogP contribution in [0.15, 0.2) is 24.3 Å². The fourth-order valence-electron chi connectivity index (χ4n) is 2.91. The minimum Gasteiger partial charge on any atom is -0.352 e. The minimum atomic E-state index is -4.44. The molecule has 0 aliphatic heterocycles. The van der Waals surface area contributed by atoms with Crippen molar-refractivity contribution < 1.29 is 18.0 Å². The predicted octanol–water partition coefficient (Wildman–Crippen LogP) is 2.81. The van der Waals surface area contributed by atoms with E-state index in [0.717, 1.165) is 42.6 Å². The van der Waals surface area contributed by atoms with Gasteiger partial charge >= 0.3 is 6.18 Å². The molecule has 1 fully saturated rings. The zero-order valence-corrected chi connectivity index (χ0v) is 13.5. The third-order valence-electron chi connectivity index (χ3n) is 4.16. The van der Waals surface area contributed by atoms with Crippen LogP contribution in [-0.4, -0.2) is 32.2 Å². The van der Waals surface area contributed by atoms with Gasteiger partial charge in [-0.05, 0) is 30.2 Å². The van der Waals surface area contributed by atoms with E-state index in [-0.39, 0.29) is 29.9 Å². The fourth-order valence-corrected chi connectivity index (χ4v) is 2.91. The van der Waals surface area contributed by atoms with Crippen molar-refractivity contribution in [2.45, 2.75) is 50.9 Å². The second-order valence-electron chi connectivity index (χ2n) is 6.12. The van der Waals surface area contributed by atoms with Gasteiger partial charge in [-0.25, -0.2) is 0 Å². The van der Waals surface area contributed by atoms with E-state index in [4.69, 9.17) is 0 Å². The first-order valence-electron chi connectivity index (χ1n) is 8.16. The zero-order chi connectivity index (χ0) is 17.9. The summed E-state index contributed by atoms with van der Waals surface area (Å²) in [5.74, 6) is -0.170. The lowest BCUT2D eigenvalue weighted by atomic mass is 9.95. The number of carbonyl (C=O) groups excluding carboxylic acids is 1. The highest BCUT2D eigenvalue weighted by Crippen LogP contribution is 2.31. The van der Waals surface area contributed by atoms with Gasteiger partial charge in [-0.3, -0.25) is 4.79 Å². The molecule has 25 heavy (non-hydrogen) atoms. The molecule has 2 aromatic rings. The first-order chi connectivity index (χ1) is 11.9. The van der Waals surface area contributed by atoms with Gasteiger partial charge in [-0.1, -0.05) is 31.4 Å². The Hall–Kier alpha value is -2.45. The largest absolute Gasteiger partial charge is 0.416 e. The normalized spacial score (nSPS) is 16.0. The number of hydrogen-bond acceptors (Lipinski definition) is 4. The Kier molecular flexibility index (Phi) is 5.00. The molecule has 0 spiro atoms. The first-order valence-corrected chi connectivity index (χ1v) is 8.16. The highest BCUT2D eigenvalue weighted by atomic mass is 19.4. The van der Waals surface area contributed by atoms with Gasteiger partial charge in [0, 0.05) is 11.6 Å². The third-order valence-corrected chi connectivity index (χ3v) is 4.16. The number of nitrogens with zero attached hydrogens (tertiary/aromatic N) is 4. The molecule has 1 aromatic heterocycles. The van der Waals surface area contributed by atoms with Crippen LogP contribution in [0.25, 0.3) is 11.4 Å². The van der Waals surface area contributed by atoms with Crippen molar-refractivity contribution in [3.05, 3.63) is 29.8 Å². The quantitative estimate of drug-likeness (QED) is 0.917. The summed E-state index contributed by atoms with van der Waals surface area (Å²) in [4.78, 5) is 13.1. The maximum atomic E-state index is 12.8. The van der Waals surface area contributed by atoms with Gasteiger partial charge in [0.05, 0.1) is 5.56 Å². The average molecular weight is 353 g/mol. The summed E-state index contributed by atoms with van der Waals surface area (Å²) < 4.78 is 38.3. The van der Waals surface area contributed by atoms with Gasteiger partial charge in [-0.2, -0.15) is 18.0 Å². The molecule has 1 heterocycles. The van der Waals surface area contributed by atoms with Crippen molar-refractivity contribution in [2.75, 3.05) is 0 Å². The zero-order valence-electron chi connectivity index (χ0n) is 13.5. The van der Waals surface area contributed by atoms with Crippen molar-refractivity contribution >= 4 is 5.91 Å². The van der Waals surface area contributed by atoms with Crippen molar-refractivity contribution in [3.8, 4) is 11.4 Å². The minimum absolute atomic E-state index is 0.0524. The Bertz CT molecular complexity index is 737. The number of halogens is 3. The molecule has 3 rings (SSSR count). The van der Waals surface area contributed by atoms with Crippen LogP contribution >= 0.6 is 0 Å². The van der Waals surface area contributed by atoms with E-state index in [2.05, 4.69) is 20.7 Å². The van der Waals surface area contributed by atoms with Gasteiger partial charge in [0.15, 0.2) is 0 Å². The molecule has 9 heteroatoms. The second kappa shape index (κ2) is 7.20. The van der Waals surface area contributed by atoms with Crippen LogP contribution in [0.1, 0.15) is 37.7 Å². The van der Waals surface area contributed by atoms with Gasteiger partial charge in [0.1, 0.15) is 6.54 Å². The number of amides is 1. The van der Waals surface area contributed by atoms with E-state index < -0.39 is 11.7 Å². The van der Waals surface area contributed by atoms with Crippen LogP contribution in [0.5, 0.6) is 0 Å². The summed E-state index contributed by atoms with van der Waals surface area (Å²) in [5, 5.41) is 14.4. The molecule has 0 unspecified atom stereocenters. The van der Waals surface area contributed by atoms with Gasteiger partial charge in [-0.15, -0.1) is 10.2 Å². The summed E-state index contributed by atoms with van der Waals surface area (Å²) >= 11 is 0. The molecule has 6 nitrogen and oxygen atoms in total. The number of hydrogen-bond donors (Lipinski definition) is 1. The number of aromatic nitrogens is 4. The smallest absolute Gasteiger partial charge is 0.352 e. The van der Waals surface area contributed by atoms with Crippen molar-refractivity contribution in [3.63, 3.8) is 0 Å². The van der Waals surface area contributed by atoms with E-state index in [1.807, 2.05) is 0 Å². The Labute approximate surface area is 142 Å². The molecule has 1 saturated carbocycles. The molecular weight excluding hydrogens is 335 g/mol. The molecule has 1 aliphatic rings. The van der Waals surface area contributed by atoms with E-state index in [1.54, 1.807) is 0 Å². The highest BCUT2D eigenvalue weighted by molar-refractivity contribution is 5.75. The maximum Gasteiger partial charge on any atom is 0.416 e. The molecular formula is C16H18F3N5O. The standard InChI is InChI=1S/C16H18F3N5O/c17-16(18,19)12-6-4-5-11(9-12)15-21-23-24(22-15)10-14(25)20-13-7-2-1-3-8-13/h4-6,9,13H,1-3,7-8,10H2,(H,20,25). The molecule has 1 amide bonds. The summed E-state index contributed by atoms with van der Waals surface area (Å²) in [6.07, 6.45) is 0.889. The van der Waals surface area contributed by atoms with Crippen LogP contribution < -0.4 is 5.32 Å². The van der Waals surface area contributed by atoms with Crippen LogP contribution in [-0.2, 0) is 17.5 Å². The van der Waals surface area contributed by atoms with Crippen LogP contribution in [0, 0.1) is 0 Å². The highest BCUT2D eigenvalue weighted by Gasteiger charge is 2.30. The molecule has 0 atom stereocenters. The lowest BCUT2D eigenvalue weighted by Crippen LogP contribution is -2.38. The molecule has 0 bridgehead atoms. The summed E-state index contributed by atoms with van der Waals surface area (Å²) in [6.45, 7) is -0.109. The number of benzene rings is 1. The molecule has 0 radical (unpaired) electrons. The lowest BCUT2D eigenvalue weighted by Gasteiger charge is -2.22. The van der Waals surface area contributed by atoms with E-state index >= 15 is 0 Å². The van der Waals surface area contributed by atoms with Crippen LogP contribution in [0.3, 0.4) is 0 Å². The predicted molar refractivity (Wildman–Crippen MR) is 83.3 cm³/mol. The van der Waals surface area contributed by atoms with Gasteiger partial charge in [0.2, 0.25) is 11.7 Å². The fraction of sp³-hybridized carbons (Fsp3) is 0.500. The molecule has 1 aliphatic carbocycles. The molecule has 1 N–H and O–H groups in total. The molecule has 1 aromatic carbocycles. The number of rotatable bonds is 4. The van der Waals surface area contributed by atoms with Crippen molar-refractivity contribution in [2.24, 2.45) is 0 Å². The van der Waals surface area contributed by atoms with Crippen LogP contribution in [0.2, 0.25) is 0 Å². The average Bonchev–Trinajstić information content (AvgIpc) is 3.03. The van der Waals surface area contributed by atoms with Crippen LogP contribution in [0.4, 0.5) is 13.2 Å². The maximum absolute atomic E-state index is 12.8. The van der Waals surface area contributed by atoms with Crippen molar-refractivity contribution in [1.29, 1.82) is 0 Å². The number of alkyl halides is 3. The summed E-state index contributed by atoms with van der Waals surface area (Å²) in [6, 6.07) is 4.87. The Balaban J connectivity index is 1.65. The summed E-state index contributed by atoms with van der Waals surface area (Å²) in [7, 11) is 0. The lowest BCUT2D eigenvalue weighted by molar-refractivity contribution is -0.137. The monoisotopic (exact) mass is 353 g/mol. The van der Waals surface area contributed by atoms with E-state index in [1.165, 1.54) is 18.6 Å². The topological polar surface area (TPSA) is 72.7 Å². The summed E-state index contributed by atoms with van der Waals surface area (Å²) in [5.41, 5.74) is -0.579. The number of carbonyl (C=O) groups is 1. The van der Waals surface area contributed by atoms with Gasteiger partial charge < -0.3 is 5.32 Å². The third kappa shape index (κ3) is 4.55. The van der Waals surface area contributed by atoms with Crippen molar-refractivity contribution in [1.82, 2.24) is 25.5 Å². The first kappa shape index (κ1) is 17.4. The SMILES string of the molecule is O=C(Cn1nnc(-c2cccc(C(F)(F)F)c2)n1)NC1CCCCC1. The second-order valence-corrected chi connectivity index (χ2v) is 6.12. The van der Waals surface area contributed by atoms with E-state index in [0.29, 0.717) is 0 Å². The Morgan fingerprint density at radius 1 is 1.24 bits per heavy atom. The Morgan fingerprint density at radius 2 is 2.00 bits per heavy atom. The van der Waals surface area contributed by atoms with E-state index in [9.17, 15) is 18.0 Å². The number of tetrazole rings is 1. The van der Waals surface area contributed by atoms with Gasteiger partial charge in [0.25, 0.3) is 0 Å². The Morgan fingerprint density at radius 3 is 2.72 bits per heavy atom. The number of nitrogens with one attached hydrogen (secondary N) is 1.